The lowest BCUT2D eigenvalue weighted by Crippen LogP contribution is -2.38. The van der Waals surface area contributed by atoms with E-state index in [1.807, 2.05) is 0 Å². The van der Waals surface area contributed by atoms with Crippen LogP contribution in [-0.4, -0.2) is 52.2 Å². The van der Waals surface area contributed by atoms with Crippen molar-refractivity contribution >= 4 is 12.0 Å². The number of rotatable bonds is 10. The van der Waals surface area contributed by atoms with E-state index in [1.165, 1.54) is 0 Å². The summed E-state index contributed by atoms with van der Waals surface area (Å²) < 4.78 is 14.9. The summed E-state index contributed by atoms with van der Waals surface area (Å²) in [4.78, 5) is 22.4. The molecular formula is C13H24N2O5. The molecule has 0 saturated carbocycles. The van der Waals surface area contributed by atoms with Gasteiger partial charge in [0.15, 0.2) is 6.29 Å². The lowest BCUT2D eigenvalue weighted by Gasteiger charge is -2.13. The van der Waals surface area contributed by atoms with Crippen LogP contribution in [0.2, 0.25) is 0 Å². The van der Waals surface area contributed by atoms with E-state index >= 15 is 0 Å². The van der Waals surface area contributed by atoms with Gasteiger partial charge in [0.1, 0.15) is 6.61 Å². The summed E-state index contributed by atoms with van der Waals surface area (Å²) in [5, 5.41) is 5.25. The van der Waals surface area contributed by atoms with Crippen LogP contribution in [-0.2, 0) is 19.0 Å². The van der Waals surface area contributed by atoms with Crippen LogP contribution in [0.1, 0.15) is 19.8 Å². The number of carbonyl (C=O) groups excluding carboxylic acids is 2. The van der Waals surface area contributed by atoms with E-state index in [2.05, 4.69) is 17.2 Å². The Balaban J connectivity index is 3.50. The van der Waals surface area contributed by atoms with Gasteiger partial charge in [-0.15, -0.1) is 0 Å². The van der Waals surface area contributed by atoms with Crippen molar-refractivity contribution in [1.29, 1.82) is 0 Å². The van der Waals surface area contributed by atoms with Crippen LogP contribution in [0.5, 0.6) is 0 Å². The lowest BCUT2D eigenvalue weighted by atomic mass is 10.3. The van der Waals surface area contributed by atoms with Crippen LogP contribution >= 0.6 is 0 Å². The number of carbonyl (C=O) groups is 2. The Bertz CT molecular complexity index is 316. The highest BCUT2D eigenvalue weighted by molar-refractivity contribution is 5.86. The predicted molar refractivity (Wildman–Crippen MR) is 74.2 cm³/mol. The van der Waals surface area contributed by atoms with Gasteiger partial charge in [0, 0.05) is 32.8 Å². The molecule has 2 N–H and O–H groups in total. The highest BCUT2D eigenvalue weighted by Gasteiger charge is 2.06. The van der Waals surface area contributed by atoms with Crippen LogP contribution in [0.15, 0.2) is 12.2 Å². The quantitative estimate of drug-likeness (QED) is 0.269. The molecule has 0 saturated heterocycles. The Kier molecular flexibility index (Phi) is 10.3. The molecule has 0 fully saturated rings. The summed E-state index contributed by atoms with van der Waals surface area (Å²) in [5.74, 6) is -0.461. The smallest absolute Gasteiger partial charge is 0.333 e. The Morgan fingerprint density at radius 1 is 1.15 bits per heavy atom. The number of ether oxygens (including phenoxy) is 3. The van der Waals surface area contributed by atoms with E-state index in [0.29, 0.717) is 18.5 Å². The van der Waals surface area contributed by atoms with Gasteiger partial charge in [0.05, 0.1) is 6.54 Å². The van der Waals surface area contributed by atoms with E-state index in [1.54, 1.807) is 21.1 Å². The van der Waals surface area contributed by atoms with E-state index < -0.39 is 5.97 Å². The number of hydrogen-bond acceptors (Lipinski definition) is 5. The molecule has 0 spiro atoms. The van der Waals surface area contributed by atoms with Crippen LogP contribution < -0.4 is 10.6 Å². The fourth-order valence-electron chi connectivity index (χ4n) is 1.30. The average Bonchev–Trinajstić information content (AvgIpc) is 2.43. The molecule has 0 aliphatic rings. The first-order chi connectivity index (χ1) is 9.51. The molecule has 0 rings (SSSR count). The zero-order valence-electron chi connectivity index (χ0n) is 12.4. The Labute approximate surface area is 119 Å². The van der Waals surface area contributed by atoms with Crippen molar-refractivity contribution in [2.45, 2.75) is 26.1 Å². The number of esters is 1. The number of urea groups is 1. The fraction of sp³-hybridized carbons (Fsp3) is 0.692. The molecule has 116 valence electrons. The maximum Gasteiger partial charge on any atom is 0.333 e. The second kappa shape index (κ2) is 11.2. The minimum absolute atomic E-state index is 0.120. The Morgan fingerprint density at radius 3 is 2.30 bits per heavy atom. The maximum absolute atomic E-state index is 11.4. The van der Waals surface area contributed by atoms with Crippen LogP contribution in [0.3, 0.4) is 0 Å². The molecule has 0 aromatic carbocycles. The summed E-state index contributed by atoms with van der Waals surface area (Å²) in [5.41, 5.74) is 0.334. The summed E-state index contributed by atoms with van der Waals surface area (Å²) in [6, 6.07) is -0.303. The molecule has 7 nitrogen and oxygen atoms in total. The molecule has 0 bridgehead atoms. The minimum Gasteiger partial charge on any atom is -0.460 e. The average molecular weight is 288 g/mol. The largest absolute Gasteiger partial charge is 0.460 e. The molecule has 0 aliphatic carbocycles. The first-order valence-corrected chi connectivity index (χ1v) is 6.41. The zero-order chi connectivity index (χ0) is 15.4. The lowest BCUT2D eigenvalue weighted by molar-refractivity contribution is -0.138. The van der Waals surface area contributed by atoms with Crippen molar-refractivity contribution in [3.8, 4) is 0 Å². The molecule has 0 unspecified atom stereocenters. The van der Waals surface area contributed by atoms with E-state index in [4.69, 9.17) is 14.2 Å². The van der Waals surface area contributed by atoms with Crippen molar-refractivity contribution < 1.29 is 23.8 Å². The fourth-order valence-corrected chi connectivity index (χ4v) is 1.30. The third-order valence-corrected chi connectivity index (χ3v) is 2.40. The molecular weight excluding hydrogens is 264 g/mol. The van der Waals surface area contributed by atoms with E-state index in [0.717, 1.165) is 6.42 Å². The molecule has 20 heavy (non-hydrogen) atoms. The standard InChI is InChI=1S/C13H24N2O5/c1-10(2)12(16)20-9-8-15-13(17)14-7-5-6-11(18-3)19-4/h11H,1,5-9H2,2-4H3,(H2,14,15,17). The third kappa shape index (κ3) is 9.35. The molecule has 0 aliphatic heterocycles. The zero-order valence-corrected chi connectivity index (χ0v) is 12.4. The van der Waals surface area contributed by atoms with Crippen molar-refractivity contribution in [3.63, 3.8) is 0 Å². The summed E-state index contributed by atoms with van der Waals surface area (Å²) in [6.07, 6.45) is 1.19. The van der Waals surface area contributed by atoms with Gasteiger partial charge >= 0.3 is 12.0 Å². The van der Waals surface area contributed by atoms with Crippen molar-refractivity contribution in [2.75, 3.05) is 33.9 Å². The van der Waals surface area contributed by atoms with Crippen LogP contribution in [0.4, 0.5) is 4.79 Å². The predicted octanol–water partition coefficient (Wildman–Crippen LogP) is 0.804. The van der Waals surface area contributed by atoms with Gasteiger partial charge in [-0.2, -0.15) is 0 Å². The summed E-state index contributed by atoms with van der Waals surface area (Å²) in [6.45, 7) is 5.91. The molecule has 0 heterocycles. The number of amides is 2. The third-order valence-electron chi connectivity index (χ3n) is 2.40. The van der Waals surface area contributed by atoms with Gasteiger partial charge in [0.2, 0.25) is 0 Å². The van der Waals surface area contributed by atoms with Crippen molar-refractivity contribution in [1.82, 2.24) is 10.6 Å². The van der Waals surface area contributed by atoms with Gasteiger partial charge in [-0.05, 0) is 13.3 Å². The molecule has 0 aromatic rings. The van der Waals surface area contributed by atoms with E-state index in [9.17, 15) is 9.59 Å². The Morgan fingerprint density at radius 2 is 1.75 bits per heavy atom. The first kappa shape index (κ1) is 18.4. The summed E-state index contributed by atoms with van der Waals surface area (Å²) in [7, 11) is 3.14. The molecule has 7 heteroatoms. The SMILES string of the molecule is C=C(C)C(=O)OCCNC(=O)NCCCC(OC)OC. The van der Waals surface area contributed by atoms with Crippen molar-refractivity contribution in [3.05, 3.63) is 12.2 Å². The second-order valence-electron chi connectivity index (χ2n) is 4.14. The van der Waals surface area contributed by atoms with Gasteiger partial charge in [-0.25, -0.2) is 9.59 Å². The summed E-state index contributed by atoms with van der Waals surface area (Å²) >= 11 is 0. The van der Waals surface area contributed by atoms with Crippen LogP contribution in [0.25, 0.3) is 0 Å². The first-order valence-electron chi connectivity index (χ1n) is 6.41. The number of hydrogen-bond donors (Lipinski definition) is 2. The highest BCUT2D eigenvalue weighted by atomic mass is 16.7. The second-order valence-corrected chi connectivity index (χ2v) is 4.14. The number of nitrogens with one attached hydrogen (secondary N) is 2. The van der Waals surface area contributed by atoms with Crippen LogP contribution in [0, 0.1) is 0 Å². The maximum atomic E-state index is 11.4. The normalized spacial score (nSPS) is 10.2. The van der Waals surface area contributed by atoms with E-state index in [-0.39, 0.29) is 25.5 Å². The minimum atomic E-state index is -0.461. The molecule has 2 amide bonds. The number of methoxy groups -OCH3 is 2. The monoisotopic (exact) mass is 288 g/mol. The van der Waals surface area contributed by atoms with Crippen molar-refractivity contribution in [2.24, 2.45) is 0 Å². The topological polar surface area (TPSA) is 85.9 Å². The molecule has 0 aromatic heterocycles. The Hall–Kier alpha value is -1.60. The van der Waals surface area contributed by atoms with Gasteiger partial charge in [0.25, 0.3) is 0 Å². The van der Waals surface area contributed by atoms with Gasteiger partial charge < -0.3 is 24.8 Å². The van der Waals surface area contributed by atoms with Gasteiger partial charge in [-0.3, -0.25) is 0 Å². The molecule has 0 atom stereocenters. The molecule has 0 radical (unpaired) electrons. The highest BCUT2D eigenvalue weighted by Crippen LogP contribution is 2.00. The van der Waals surface area contributed by atoms with Gasteiger partial charge in [-0.1, -0.05) is 6.58 Å².